The minimum Gasteiger partial charge on any atom is -0.381 e. The predicted molar refractivity (Wildman–Crippen MR) is 81.4 cm³/mol. The van der Waals surface area contributed by atoms with E-state index in [4.69, 9.17) is 27.9 Å². The van der Waals surface area contributed by atoms with E-state index in [1.54, 1.807) is 12.1 Å². The van der Waals surface area contributed by atoms with Gasteiger partial charge in [0.15, 0.2) is 0 Å². The number of anilines is 1. The van der Waals surface area contributed by atoms with Crippen LogP contribution in [0.2, 0.25) is 10.0 Å². The second-order valence-electron chi connectivity index (χ2n) is 5.09. The molecular formula is C14H20Cl2N2O. The van der Waals surface area contributed by atoms with Gasteiger partial charge >= 0.3 is 0 Å². The summed E-state index contributed by atoms with van der Waals surface area (Å²) < 4.78 is 5.77. The zero-order valence-electron chi connectivity index (χ0n) is 11.3. The topological polar surface area (TPSA) is 24.5 Å². The molecule has 0 radical (unpaired) electrons. The second-order valence-corrected chi connectivity index (χ2v) is 5.93. The van der Waals surface area contributed by atoms with Gasteiger partial charge in [-0.25, -0.2) is 0 Å². The summed E-state index contributed by atoms with van der Waals surface area (Å²) >= 11 is 12.1. The number of halogens is 2. The maximum atomic E-state index is 6.12. The summed E-state index contributed by atoms with van der Waals surface area (Å²) in [6.07, 6.45) is 0.186. The number of benzene rings is 1. The Kier molecular flexibility index (Phi) is 5.34. The van der Waals surface area contributed by atoms with Gasteiger partial charge in [0, 0.05) is 30.7 Å². The maximum Gasteiger partial charge on any atom is 0.0874 e. The van der Waals surface area contributed by atoms with E-state index in [-0.39, 0.29) is 6.10 Å². The Hall–Kier alpha value is -0.480. The third-order valence-electron chi connectivity index (χ3n) is 3.35. The third kappa shape index (κ3) is 4.25. The molecular weight excluding hydrogens is 283 g/mol. The molecule has 1 atom stereocenters. The van der Waals surface area contributed by atoms with Crippen LogP contribution in [0.25, 0.3) is 0 Å². The van der Waals surface area contributed by atoms with Gasteiger partial charge in [-0.2, -0.15) is 0 Å². The first-order valence-corrected chi connectivity index (χ1v) is 7.36. The minimum absolute atomic E-state index is 0.186. The highest BCUT2D eigenvalue weighted by atomic mass is 35.5. The molecule has 0 spiro atoms. The summed E-state index contributed by atoms with van der Waals surface area (Å²) in [5, 5.41) is 4.68. The molecule has 1 aliphatic heterocycles. The number of ether oxygens (including phenoxy) is 1. The van der Waals surface area contributed by atoms with E-state index in [1.807, 2.05) is 6.07 Å². The van der Waals surface area contributed by atoms with E-state index in [0.29, 0.717) is 16.1 Å². The fraction of sp³-hybridized carbons (Fsp3) is 0.571. The van der Waals surface area contributed by atoms with Crippen molar-refractivity contribution in [3.8, 4) is 0 Å². The first kappa shape index (κ1) is 14.9. The average Bonchev–Trinajstić information content (AvgIpc) is 2.40. The van der Waals surface area contributed by atoms with Crippen LogP contribution in [0.1, 0.15) is 13.8 Å². The van der Waals surface area contributed by atoms with E-state index < -0.39 is 0 Å². The Morgan fingerprint density at radius 3 is 2.95 bits per heavy atom. The van der Waals surface area contributed by atoms with Crippen LogP contribution in [-0.2, 0) is 4.74 Å². The van der Waals surface area contributed by atoms with Crippen molar-refractivity contribution < 1.29 is 4.74 Å². The lowest BCUT2D eigenvalue weighted by molar-refractivity contribution is -0.0315. The third-order valence-corrected chi connectivity index (χ3v) is 3.91. The summed E-state index contributed by atoms with van der Waals surface area (Å²) in [5.74, 6) is 0. The fourth-order valence-electron chi connectivity index (χ4n) is 2.19. The molecule has 5 heteroatoms. The Labute approximate surface area is 124 Å². The van der Waals surface area contributed by atoms with Crippen LogP contribution in [0.3, 0.4) is 0 Å². The lowest BCUT2D eigenvalue weighted by Crippen LogP contribution is -2.48. The van der Waals surface area contributed by atoms with Crippen molar-refractivity contribution in [1.29, 1.82) is 0 Å². The molecule has 0 aromatic heterocycles. The molecule has 1 N–H and O–H groups in total. The van der Waals surface area contributed by atoms with Crippen LogP contribution in [0.5, 0.6) is 0 Å². The van der Waals surface area contributed by atoms with Crippen LogP contribution in [-0.4, -0.2) is 43.3 Å². The Morgan fingerprint density at radius 2 is 2.21 bits per heavy atom. The van der Waals surface area contributed by atoms with Gasteiger partial charge in [-0.15, -0.1) is 0 Å². The van der Waals surface area contributed by atoms with Gasteiger partial charge in [0.2, 0.25) is 0 Å². The molecule has 1 heterocycles. The van der Waals surface area contributed by atoms with Crippen molar-refractivity contribution in [2.24, 2.45) is 0 Å². The normalized spacial score (nSPS) is 20.8. The molecule has 1 saturated heterocycles. The molecule has 0 aliphatic carbocycles. The number of hydrogen-bond acceptors (Lipinski definition) is 3. The van der Waals surface area contributed by atoms with Gasteiger partial charge in [-0.05, 0) is 32.0 Å². The Morgan fingerprint density at radius 1 is 1.42 bits per heavy atom. The second kappa shape index (κ2) is 6.80. The molecule has 0 amide bonds. The molecule has 1 unspecified atom stereocenters. The quantitative estimate of drug-likeness (QED) is 0.921. The zero-order chi connectivity index (χ0) is 13.8. The smallest absolute Gasteiger partial charge is 0.0874 e. The van der Waals surface area contributed by atoms with E-state index >= 15 is 0 Å². The number of nitrogens with one attached hydrogen (secondary N) is 1. The van der Waals surface area contributed by atoms with E-state index in [1.165, 1.54) is 0 Å². The van der Waals surface area contributed by atoms with Gasteiger partial charge in [-0.1, -0.05) is 23.2 Å². The van der Waals surface area contributed by atoms with Gasteiger partial charge in [0.1, 0.15) is 0 Å². The first-order chi connectivity index (χ1) is 9.06. The van der Waals surface area contributed by atoms with Crippen LogP contribution >= 0.6 is 23.2 Å². The number of nitrogens with zero attached hydrogens (tertiary/aromatic N) is 1. The molecule has 0 bridgehead atoms. The van der Waals surface area contributed by atoms with E-state index in [9.17, 15) is 0 Å². The van der Waals surface area contributed by atoms with Crippen molar-refractivity contribution >= 4 is 28.9 Å². The molecule has 2 rings (SSSR count). The summed E-state index contributed by atoms with van der Waals surface area (Å²) in [7, 11) is 0. The fourth-order valence-corrected chi connectivity index (χ4v) is 2.55. The van der Waals surface area contributed by atoms with Crippen molar-refractivity contribution in [3.63, 3.8) is 0 Å². The molecule has 19 heavy (non-hydrogen) atoms. The molecule has 106 valence electrons. The monoisotopic (exact) mass is 302 g/mol. The Bertz CT molecular complexity index is 426. The highest BCUT2D eigenvalue weighted by molar-refractivity contribution is 6.35. The molecule has 1 aromatic rings. The van der Waals surface area contributed by atoms with Crippen molar-refractivity contribution in [1.82, 2.24) is 4.90 Å². The van der Waals surface area contributed by atoms with Crippen LogP contribution < -0.4 is 5.32 Å². The van der Waals surface area contributed by atoms with Crippen molar-refractivity contribution in [2.75, 3.05) is 31.6 Å². The van der Waals surface area contributed by atoms with Crippen molar-refractivity contribution in [2.45, 2.75) is 26.0 Å². The lowest BCUT2D eigenvalue weighted by Gasteiger charge is -2.35. The van der Waals surface area contributed by atoms with Crippen LogP contribution in [0.4, 0.5) is 5.69 Å². The summed E-state index contributed by atoms with van der Waals surface area (Å²) in [4.78, 5) is 2.43. The maximum absolute atomic E-state index is 6.12. The minimum atomic E-state index is 0.186. The largest absolute Gasteiger partial charge is 0.381 e. The number of rotatable bonds is 4. The van der Waals surface area contributed by atoms with Gasteiger partial charge in [0.05, 0.1) is 23.4 Å². The van der Waals surface area contributed by atoms with Gasteiger partial charge in [-0.3, -0.25) is 4.90 Å². The molecule has 1 aliphatic rings. The predicted octanol–water partition coefficient (Wildman–Crippen LogP) is 3.51. The summed E-state index contributed by atoms with van der Waals surface area (Å²) in [6, 6.07) is 5.98. The summed E-state index contributed by atoms with van der Waals surface area (Å²) in [5.41, 5.74) is 0.861. The van der Waals surface area contributed by atoms with Crippen molar-refractivity contribution in [3.05, 3.63) is 28.2 Å². The number of morpholine rings is 1. The average molecular weight is 303 g/mol. The SMILES string of the molecule is CC(C)N1CCOC(CNc2cc(Cl)ccc2Cl)C1. The van der Waals surface area contributed by atoms with E-state index in [0.717, 1.165) is 31.9 Å². The summed E-state index contributed by atoms with van der Waals surface area (Å²) in [6.45, 7) is 7.90. The molecule has 3 nitrogen and oxygen atoms in total. The Balaban J connectivity index is 1.89. The lowest BCUT2D eigenvalue weighted by atomic mass is 10.2. The van der Waals surface area contributed by atoms with Crippen LogP contribution in [0.15, 0.2) is 18.2 Å². The van der Waals surface area contributed by atoms with Crippen LogP contribution in [0, 0.1) is 0 Å². The first-order valence-electron chi connectivity index (χ1n) is 6.61. The molecule has 0 saturated carbocycles. The zero-order valence-corrected chi connectivity index (χ0v) is 12.8. The standard InChI is InChI=1S/C14H20Cl2N2O/c1-10(2)18-5-6-19-12(9-18)8-17-14-7-11(15)3-4-13(14)16/h3-4,7,10,12,17H,5-6,8-9H2,1-2H3. The molecule has 1 fully saturated rings. The van der Waals surface area contributed by atoms with Gasteiger partial charge in [0.25, 0.3) is 0 Å². The highest BCUT2D eigenvalue weighted by Gasteiger charge is 2.22. The van der Waals surface area contributed by atoms with Gasteiger partial charge < -0.3 is 10.1 Å². The van der Waals surface area contributed by atoms with E-state index in [2.05, 4.69) is 24.1 Å². The number of hydrogen-bond donors (Lipinski definition) is 1. The highest BCUT2D eigenvalue weighted by Crippen LogP contribution is 2.25. The molecule has 1 aromatic carbocycles.